The van der Waals surface area contributed by atoms with E-state index in [2.05, 4.69) is 41.2 Å². The number of nitrogens with zero attached hydrogens (tertiary/aromatic N) is 7. The third kappa shape index (κ3) is 4.65. The Hall–Kier alpha value is -2.98. The van der Waals surface area contributed by atoms with Crippen LogP contribution in [0.3, 0.4) is 0 Å². The minimum atomic E-state index is -0.579. The van der Waals surface area contributed by atoms with Crippen molar-refractivity contribution in [1.29, 1.82) is 0 Å². The average molecular weight is 467 g/mol. The molecule has 0 bridgehead atoms. The molecule has 0 amide bonds. The number of β-amino-alcohol motifs (C(OH)–C–C–N with tert-alkyl or cyclic N) is 1. The van der Waals surface area contributed by atoms with Crippen molar-refractivity contribution in [2.45, 2.75) is 57.7 Å². The predicted molar refractivity (Wildman–Crippen MR) is 130 cm³/mol. The number of aromatic nitrogens is 5. The summed E-state index contributed by atoms with van der Waals surface area (Å²) in [5.41, 5.74) is 0.815. The highest BCUT2D eigenvalue weighted by Gasteiger charge is 2.38. The number of imidazole rings is 1. The molecule has 2 aliphatic rings. The lowest BCUT2D eigenvalue weighted by Crippen LogP contribution is -2.40. The van der Waals surface area contributed by atoms with E-state index in [9.17, 15) is 9.90 Å². The van der Waals surface area contributed by atoms with E-state index in [1.807, 2.05) is 34.0 Å². The number of aliphatic hydroxyl groups is 1. The molecule has 0 saturated carbocycles. The number of rotatable bonds is 7. The molecule has 5 heterocycles. The Morgan fingerprint density at radius 2 is 2.18 bits per heavy atom. The zero-order valence-corrected chi connectivity index (χ0v) is 20.1. The largest absolute Gasteiger partial charge is 0.391 e. The maximum Gasteiger partial charge on any atom is 0.246 e. The highest BCUT2D eigenvalue weighted by atomic mass is 16.3. The summed E-state index contributed by atoms with van der Waals surface area (Å²) in [7, 11) is 2.11. The van der Waals surface area contributed by atoms with Gasteiger partial charge < -0.3 is 24.8 Å². The minimum Gasteiger partial charge on any atom is -0.391 e. The summed E-state index contributed by atoms with van der Waals surface area (Å²) in [5.74, 6) is 2.28. The number of ketones is 1. The summed E-state index contributed by atoms with van der Waals surface area (Å²) in [6, 6.07) is 3.74. The molecule has 3 aromatic heterocycles. The van der Waals surface area contributed by atoms with Crippen LogP contribution in [0.5, 0.6) is 0 Å². The molecule has 1 unspecified atom stereocenters. The first-order valence-corrected chi connectivity index (χ1v) is 12.2. The van der Waals surface area contributed by atoms with Gasteiger partial charge in [-0.25, -0.2) is 9.50 Å². The fraction of sp³-hybridized carbons (Fsp3) is 0.583. The molecule has 2 aliphatic heterocycles. The summed E-state index contributed by atoms with van der Waals surface area (Å²) in [6.07, 6.45) is 8.16. The molecule has 0 aromatic carbocycles. The molecule has 10 nitrogen and oxygen atoms in total. The number of hydrogen-bond acceptors (Lipinski definition) is 8. The molecule has 0 radical (unpaired) electrons. The summed E-state index contributed by atoms with van der Waals surface area (Å²) in [4.78, 5) is 26.8. The van der Waals surface area contributed by atoms with Crippen LogP contribution in [0.4, 0.5) is 17.6 Å². The van der Waals surface area contributed by atoms with E-state index in [-0.39, 0.29) is 5.78 Å². The molecule has 5 rings (SSSR count). The van der Waals surface area contributed by atoms with E-state index in [1.165, 1.54) is 0 Å². The molecule has 0 aliphatic carbocycles. The molecular formula is C24H34N8O2. The van der Waals surface area contributed by atoms with Gasteiger partial charge in [0.15, 0.2) is 11.6 Å². The van der Waals surface area contributed by atoms with Crippen LogP contribution in [-0.2, 0) is 4.79 Å². The third-order valence-electron chi connectivity index (χ3n) is 6.94. The Bertz CT molecular complexity index is 1160. The van der Waals surface area contributed by atoms with Crippen LogP contribution in [-0.4, -0.2) is 78.8 Å². The summed E-state index contributed by atoms with van der Waals surface area (Å²) in [5, 5.41) is 18.5. The van der Waals surface area contributed by atoms with Crippen LogP contribution in [0.25, 0.3) is 5.52 Å². The van der Waals surface area contributed by atoms with Crippen LogP contribution in [0.2, 0.25) is 0 Å². The fourth-order valence-electron chi connectivity index (χ4n) is 5.14. The monoisotopic (exact) mass is 466 g/mol. The second-order valence-electron chi connectivity index (χ2n) is 10.0. The van der Waals surface area contributed by atoms with Gasteiger partial charge in [-0.1, -0.05) is 0 Å². The molecule has 0 spiro atoms. The standard InChI is InChI=1S/C24H34N8O2/c1-16(2)30-14-22(25-15-30)26-23-19-7-5-9-32(19)28-24(27-23)31-13-18(33)11-20(31)21(34)10-17-6-4-8-29(3)12-17/h5,7,9,14-18,20,33H,4,6,8,10-13H2,1-3H3,(H,26,27,28)/t17?,18-,20-/m0/s1. The van der Waals surface area contributed by atoms with Gasteiger partial charge in [-0.15, -0.1) is 5.10 Å². The number of piperidine rings is 1. The Morgan fingerprint density at radius 3 is 2.94 bits per heavy atom. The van der Waals surface area contributed by atoms with Crippen molar-refractivity contribution in [3.8, 4) is 0 Å². The van der Waals surface area contributed by atoms with Crippen LogP contribution in [0.1, 0.15) is 45.6 Å². The van der Waals surface area contributed by atoms with E-state index in [4.69, 9.17) is 4.98 Å². The molecule has 3 atom stereocenters. The Kier molecular flexibility index (Phi) is 6.26. The van der Waals surface area contributed by atoms with Crippen LogP contribution >= 0.6 is 0 Å². The molecule has 2 fully saturated rings. The normalized spacial score (nSPS) is 23.8. The number of aliphatic hydroxyl groups excluding tert-OH is 1. The van der Waals surface area contributed by atoms with Gasteiger partial charge in [0.1, 0.15) is 11.3 Å². The van der Waals surface area contributed by atoms with Crippen LogP contribution < -0.4 is 10.2 Å². The lowest BCUT2D eigenvalue weighted by Gasteiger charge is -2.31. The molecule has 34 heavy (non-hydrogen) atoms. The summed E-state index contributed by atoms with van der Waals surface area (Å²) < 4.78 is 3.78. The topological polar surface area (TPSA) is 104 Å². The first-order chi connectivity index (χ1) is 16.4. The zero-order valence-electron chi connectivity index (χ0n) is 20.1. The first kappa shape index (κ1) is 22.8. The number of hydrogen-bond donors (Lipinski definition) is 2. The SMILES string of the molecule is CC(C)n1cnc(Nc2nc(N3C[C@@H](O)C[C@H]3C(=O)CC3CCCN(C)C3)nn3cccc23)c1. The highest BCUT2D eigenvalue weighted by Crippen LogP contribution is 2.29. The number of anilines is 3. The second-order valence-corrected chi connectivity index (χ2v) is 10.0. The second kappa shape index (κ2) is 9.34. The number of Topliss-reactive ketones (excluding diaryl/α,β-unsaturated/α-hetero) is 1. The molecule has 3 aromatic rings. The lowest BCUT2D eigenvalue weighted by molar-refractivity contribution is -0.121. The lowest BCUT2D eigenvalue weighted by atomic mass is 9.90. The van der Waals surface area contributed by atoms with E-state index in [0.29, 0.717) is 48.9 Å². The van der Waals surface area contributed by atoms with E-state index in [0.717, 1.165) is 31.4 Å². The fourth-order valence-corrected chi connectivity index (χ4v) is 5.14. The van der Waals surface area contributed by atoms with Gasteiger partial charge in [0.05, 0.1) is 18.5 Å². The summed E-state index contributed by atoms with van der Waals surface area (Å²) in [6.45, 7) is 6.58. The average Bonchev–Trinajstić information content (AvgIpc) is 3.53. The maximum atomic E-state index is 13.3. The summed E-state index contributed by atoms with van der Waals surface area (Å²) >= 11 is 0. The number of carbonyl (C=O) groups is 1. The maximum absolute atomic E-state index is 13.3. The number of likely N-dealkylation sites (tertiary alicyclic amines) is 1. The quantitative estimate of drug-likeness (QED) is 0.547. The Labute approximate surface area is 199 Å². The van der Waals surface area contributed by atoms with Crippen molar-refractivity contribution in [1.82, 2.24) is 29.0 Å². The molecule has 182 valence electrons. The highest BCUT2D eigenvalue weighted by molar-refractivity contribution is 5.88. The number of nitrogens with one attached hydrogen (secondary N) is 1. The minimum absolute atomic E-state index is 0.165. The van der Waals surface area contributed by atoms with E-state index >= 15 is 0 Å². The molecule has 2 N–H and O–H groups in total. The predicted octanol–water partition coefficient (Wildman–Crippen LogP) is 2.49. The first-order valence-electron chi connectivity index (χ1n) is 12.2. The van der Waals surface area contributed by atoms with Gasteiger partial charge in [0.25, 0.3) is 0 Å². The van der Waals surface area contributed by atoms with Gasteiger partial charge in [-0.05, 0) is 58.3 Å². The molecule has 2 saturated heterocycles. The van der Waals surface area contributed by atoms with Crippen molar-refractivity contribution in [2.24, 2.45) is 5.92 Å². The van der Waals surface area contributed by atoms with Crippen molar-refractivity contribution in [2.75, 3.05) is 36.9 Å². The Morgan fingerprint density at radius 1 is 1.32 bits per heavy atom. The van der Waals surface area contributed by atoms with Gasteiger partial charge >= 0.3 is 0 Å². The van der Waals surface area contributed by atoms with Crippen LogP contribution in [0.15, 0.2) is 30.9 Å². The number of carbonyl (C=O) groups excluding carboxylic acids is 1. The van der Waals surface area contributed by atoms with Gasteiger partial charge in [-0.3, -0.25) is 4.79 Å². The Balaban J connectivity index is 1.41. The van der Waals surface area contributed by atoms with Gasteiger partial charge in [-0.2, -0.15) is 4.98 Å². The smallest absolute Gasteiger partial charge is 0.246 e. The van der Waals surface area contributed by atoms with Crippen molar-refractivity contribution in [3.63, 3.8) is 0 Å². The number of fused-ring (bicyclic) bond motifs is 1. The van der Waals surface area contributed by atoms with Crippen molar-refractivity contribution in [3.05, 3.63) is 30.9 Å². The zero-order chi connectivity index (χ0) is 23.8. The van der Waals surface area contributed by atoms with Gasteiger partial charge in [0.2, 0.25) is 5.95 Å². The van der Waals surface area contributed by atoms with Gasteiger partial charge in [0, 0.05) is 44.4 Å². The van der Waals surface area contributed by atoms with E-state index < -0.39 is 12.1 Å². The molecular weight excluding hydrogens is 432 g/mol. The van der Waals surface area contributed by atoms with Crippen molar-refractivity contribution < 1.29 is 9.90 Å². The third-order valence-corrected chi connectivity index (χ3v) is 6.94. The molecule has 10 heteroatoms. The van der Waals surface area contributed by atoms with Crippen molar-refractivity contribution >= 4 is 28.9 Å². The van der Waals surface area contributed by atoms with E-state index in [1.54, 1.807) is 10.8 Å². The van der Waals surface area contributed by atoms with Crippen LogP contribution in [0, 0.1) is 5.92 Å².